The van der Waals surface area contributed by atoms with Crippen molar-refractivity contribution in [3.8, 4) is 0 Å². The van der Waals surface area contributed by atoms with Crippen molar-refractivity contribution in [2.75, 3.05) is 20.3 Å². The fourth-order valence-corrected chi connectivity index (χ4v) is 8.71. The van der Waals surface area contributed by atoms with E-state index in [2.05, 4.69) is 10.6 Å². The van der Waals surface area contributed by atoms with Gasteiger partial charge in [0.05, 0.1) is 19.3 Å². The van der Waals surface area contributed by atoms with Crippen molar-refractivity contribution in [1.29, 1.82) is 0 Å². The largest absolute Gasteiger partial charge is 0.436 e. The summed E-state index contributed by atoms with van der Waals surface area (Å²) in [5.41, 5.74) is 1.61. The Morgan fingerprint density at radius 3 is 2.28 bits per heavy atom. The minimum Gasteiger partial charge on any atom is -0.436 e. The molecule has 2 aromatic rings. The molecule has 11 nitrogen and oxygen atoms in total. The van der Waals surface area contributed by atoms with Gasteiger partial charge in [0.15, 0.2) is 11.9 Å². The van der Waals surface area contributed by atoms with Gasteiger partial charge >= 0.3 is 13.7 Å². The second-order valence-electron chi connectivity index (χ2n) is 13.4. The molecule has 276 valence electrons. The van der Waals surface area contributed by atoms with Gasteiger partial charge in [0.2, 0.25) is 5.91 Å². The zero-order valence-corrected chi connectivity index (χ0v) is 31.1. The van der Waals surface area contributed by atoms with Gasteiger partial charge in [-0.2, -0.15) is 0 Å². The van der Waals surface area contributed by atoms with Gasteiger partial charge in [-0.05, 0) is 75.1 Å². The average molecular weight is 734 g/mol. The first-order valence-corrected chi connectivity index (χ1v) is 19.8. The number of aliphatic hydroxyl groups is 1. The van der Waals surface area contributed by atoms with Gasteiger partial charge in [0.1, 0.15) is 0 Å². The van der Waals surface area contributed by atoms with Crippen LogP contribution >= 0.6 is 19.2 Å². The number of amides is 3. The molecular weight excluding hydrogens is 681 g/mol. The molecule has 3 atom stereocenters. The molecule has 0 bridgehead atoms. The number of rotatable bonds is 19. The van der Waals surface area contributed by atoms with E-state index in [0.29, 0.717) is 5.02 Å². The summed E-state index contributed by atoms with van der Waals surface area (Å²) < 4.78 is 30.3. The summed E-state index contributed by atoms with van der Waals surface area (Å²) in [4.78, 5) is 42.3. The molecule has 2 aliphatic rings. The minimum absolute atomic E-state index is 0.00110. The number of alkyl carbamates (subject to hydrolysis) is 1. The molecule has 13 heteroatoms. The highest BCUT2D eigenvalue weighted by atomic mass is 35.5. The number of hydrogen-bond acceptors (Lipinski definition) is 8. The van der Waals surface area contributed by atoms with Gasteiger partial charge in [-0.25, -0.2) is 4.79 Å². The van der Waals surface area contributed by atoms with Crippen molar-refractivity contribution in [2.24, 2.45) is 5.92 Å². The van der Waals surface area contributed by atoms with E-state index in [1.165, 1.54) is 0 Å². The molecule has 0 heterocycles. The molecule has 50 heavy (non-hydrogen) atoms. The van der Waals surface area contributed by atoms with Crippen LogP contribution < -0.4 is 10.6 Å². The SMILES string of the molecule is CCOP(=O)(OCC)C(O)[C@H](CCC(=O)N(C)C1(Cc2ccccc2)CC1)NC(=O)[C@H](CC1CCCCC1)OC(=O)NCc1cccc(Cl)c1. The number of carbonyl (C=O) groups is 3. The number of nitrogens with zero attached hydrogens (tertiary/aromatic N) is 1. The lowest BCUT2D eigenvalue weighted by atomic mass is 9.85. The zero-order valence-electron chi connectivity index (χ0n) is 29.5. The number of carbonyl (C=O) groups excluding carboxylic acids is 3. The third-order valence-corrected chi connectivity index (χ3v) is 12.2. The van der Waals surface area contributed by atoms with E-state index >= 15 is 0 Å². The molecular formula is C37H53ClN3O8P. The van der Waals surface area contributed by atoms with Crippen LogP contribution in [0.25, 0.3) is 0 Å². The number of ether oxygens (including phenoxy) is 1. The Morgan fingerprint density at radius 1 is 1.00 bits per heavy atom. The van der Waals surface area contributed by atoms with Crippen LogP contribution in [0, 0.1) is 5.92 Å². The second-order valence-corrected chi connectivity index (χ2v) is 16.0. The Hall–Kier alpha value is -2.95. The fourth-order valence-electron chi connectivity index (χ4n) is 6.73. The minimum atomic E-state index is -4.13. The Morgan fingerprint density at radius 2 is 1.66 bits per heavy atom. The summed E-state index contributed by atoms with van der Waals surface area (Å²) in [6.45, 7) is 3.40. The van der Waals surface area contributed by atoms with E-state index in [1.807, 2.05) is 36.4 Å². The molecule has 0 radical (unpaired) electrons. The average Bonchev–Trinajstić information content (AvgIpc) is 3.89. The van der Waals surface area contributed by atoms with E-state index in [1.54, 1.807) is 44.0 Å². The number of halogens is 1. The van der Waals surface area contributed by atoms with Crippen LogP contribution in [0.2, 0.25) is 5.02 Å². The third-order valence-electron chi connectivity index (χ3n) is 9.73. The van der Waals surface area contributed by atoms with Gasteiger partial charge in [-0.1, -0.05) is 86.2 Å². The highest BCUT2D eigenvalue weighted by Crippen LogP contribution is 2.53. The molecule has 3 amide bonds. The predicted octanol–water partition coefficient (Wildman–Crippen LogP) is 6.99. The summed E-state index contributed by atoms with van der Waals surface area (Å²) in [6, 6.07) is 15.8. The van der Waals surface area contributed by atoms with Gasteiger partial charge in [-0.15, -0.1) is 0 Å². The molecule has 0 aliphatic heterocycles. The quantitative estimate of drug-likeness (QED) is 0.131. The first-order valence-electron chi connectivity index (χ1n) is 17.9. The summed E-state index contributed by atoms with van der Waals surface area (Å²) in [5, 5.41) is 17.5. The molecule has 2 aromatic carbocycles. The lowest BCUT2D eigenvalue weighted by Crippen LogP contribution is -2.50. The van der Waals surface area contributed by atoms with Crippen molar-refractivity contribution in [3.63, 3.8) is 0 Å². The van der Waals surface area contributed by atoms with E-state index in [0.717, 1.165) is 62.5 Å². The number of benzene rings is 2. The summed E-state index contributed by atoms with van der Waals surface area (Å²) in [6.07, 6.45) is 5.66. The molecule has 2 fully saturated rings. The van der Waals surface area contributed by atoms with Gasteiger partial charge < -0.3 is 34.4 Å². The number of likely N-dealkylation sites (N-methyl/N-ethyl adjacent to an activating group) is 1. The Labute approximate surface area is 301 Å². The number of hydrogen-bond donors (Lipinski definition) is 3. The molecule has 2 aliphatic carbocycles. The van der Waals surface area contributed by atoms with E-state index in [4.69, 9.17) is 25.4 Å². The molecule has 3 N–H and O–H groups in total. The van der Waals surface area contributed by atoms with Gasteiger partial charge in [0.25, 0.3) is 5.91 Å². The van der Waals surface area contributed by atoms with Crippen LogP contribution in [0.3, 0.4) is 0 Å². The fraction of sp³-hybridized carbons (Fsp3) is 0.595. The summed E-state index contributed by atoms with van der Waals surface area (Å²) in [7, 11) is -2.35. The molecule has 1 unspecified atom stereocenters. The molecule has 2 saturated carbocycles. The molecule has 0 saturated heterocycles. The van der Waals surface area contributed by atoms with E-state index in [-0.39, 0.29) is 56.4 Å². The van der Waals surface area contributed by atoms with E-state index in [9.17, 15) is 24.1 Å². The Kier molecular flexibility index (Phi) is 15.2. The first kappa shape index (κ1) is 39.8. The third kappa shape index (κ3) is 11.5. The molecule has 0 spiro atoms. The van der Waals surface area contributed by atoms with Crippen molar-refractivity contribution in [2.45, 2.75) is 115 Å². The molecule has 0 aromatic heterocycles. The normalized spacial score (nSPS) is 17.6. The van der Waals surface area contributed by atoms with Crippen LogP contribution in [-0.4, -0.2) is 71.7 Å². The maximum atomic E-state index is 14.0. The van der Waals surface area contributed by atoms with Crippen molar-refractivity contribution in [1.82, 2.24) is 15.5 Å². The van der Waals surface area contributed by atoms with Crippen molar-refractivity contribution in [3.05, 3.63) is 70.7 Å². The summed E-state index contributed by atoms with van der Waals surface area (Å²) >= 11 is 6.08. The van der Waals surface area contributed by atoms with Crippen molar-refractivity contribution < 1.29 is 37.8 Å². The topological polar surface area (TPSA) is 144 Å². The predicted molar refractivity (Wildman–Crippen MR) is 193 cm³/mol. The molecule has 4 rings (SSSR count). The second kappa shape index (κ2) is 19.0. The standard InChI is InChI=1S/C37H53ClN3O8P/c1-4-47-50(46,48-5-2)35(44)31(19-20-33(42)41(3)37(21-22-37)25-28-15-10-7-11-16-28)40-34(43)32(24-27-13-8-6-9-14-27)49-36(45)39-26-29-17-12-18-30(38)23-29/h7,10-12,15-18,23,27,31-32,35,44H,4-6,8-9,13-14,19-22,24-26H2,1-3H3,(H,39,45)(H,40,43)/t31-,32-,35?/m0/s1. The van der Waals surface area contributed by atoms with Crippen LogP contribution in [-0.2, 0) is 40.9 Å². The maximum Gasteiger partial charge on any atom is 0.408 e. The monoisotopic (exact) mass is 733 g/mol. The van der Waals surface area contributed by atoms with Gasteiger partial charge in [-0.3, -0.25) is 14.2 Å². The Balaban J connectivity index is 1.49. The number of aliphatic hydroxyl groups excluding tert-OH is 1. The summed E-state index contributed by atoms with van der Waals surface area (Å²) in [5.74, 6) is -2.42. The maximum absolute atomic E-state index is 14.0. The van der Waals surface area contributed by atoms with Crippen LogP contribution in [0.4, 0.5) is 4.79 Å². The van der Waals surface area contributed by atoms with Crippen LogP contribution in [0.15, 0.2) is 54.6 Å². The lowest BCUT2D eigenvalue weighted by Gasteiger charge is -2.32. The highest BCUT2D eigenvalue weighted by Gasteiger charge is 2.48. The Bertz CT molecular complexity index is 1440. The van der Waals surface area contributed by atoms with Crippen LogP contribution in [0.5, 0.6) is 0 Å². The first-order chi connectivity index (χ1) is 24.0. The van der Waals surface area contributed by atoms with Crippen LogP contribution in [0.1, 0.15) is 89.2 Å². The van der Waals surface area contributed by atoms with E-state index < -0.39 is 37.6 Å². The van der Waals surface area contributed by atoms with Gasteiger partial charge in [0, 0.05) is 30.6 Å². The zero-order chi connectivity index (χ0) is 36.1. The smallest absolute Gasteiger partial charge is 0.408 e. The van der Waals surface area contributed by atoms with Crippen molar-refractivity contribution >= 4 is 37.1 Å². The number of nitrogens with one attached hydrogen (secondary N) is 2. The lowest BCUT2D eigenvalue weighted by molar-refractivity contribution is -0.135. The highest BCUT2D eigenvalue weighted by molar-refractivity contribution is 7.54.